The quantitative estimate of drug-likeness (QED) is 0.594. The third-order valence-electron chi connectivity index (χ3n) is 5.09. The summed E-state index contributed by atoms with van der Waals surface area (Å²) in [6.45, 7) is 3.60. The van der Waals surface area contributed by atoms with Gasteiger partial charge in [-0.1, -0.05) is 36.9 Å². The van der Waals surface area contributed by atoms with Gasteiger partial charge in [0.1, 0.15) is 5.00 Å². The molecule has 2 N–H and O–H groups in total. The molecule has 0 spiro atoms. The predicted octanol–water partition coefficient (Wildman–Crippen LogP) is 5.20. The second-order valence-corrected chi connectivity index (χ2v) is 8.71. The Kier molecular flexibility index (Phi) is 7.50. The molecule has 1 fully saturated rings. The van der Waals surface area contributed by atoms with Gasteiger partial charge in [0.05, 0.1) is 17.0 Å². The lowest BCUT2D eigenvalue weighted by Crippen LogP contribution is -2.36. The summed E-state index contributed by atoms with van der Waals surface area (Å²) < 4.78 is 5.16. The standard InChI is InChI=1S/C22H25ClN2O4S/c1-3-29-22(28)17-13(2)18(20(27)24-16-10-5-4-6-11-16)30-21(17)25-19(26)14-8-7-9-15(23)12-14/h7-9,12,16H,3-6,10-11H2,1-2H3,(H,24,27)(H,25,26). The molecule has 30 heavy (non-hydrogen) atoms. The number of hydrogen-bond donors (Lipinski definition) is 2. The Hall–Kier alpha value is -2.38. The van der Waals surface area contributed by atoms with Gasteiger partial charge in [-0.25, -0.2) is 4.79 Å². The fraction of sp³-hybridized carbons (Fsp3) is 0.409. The van der Waals surface area contributed by atoms with Crippen LogP contribution in [0, 0.1) is 6.92 Å². The normalized spacial score (nSPS) is 14.2. The first kappa shape index (κ1) is 22.3. The average molecular weight is 449 g/mol. The van der Waals surface area contributed by atoms with Crippen molar-refractivity contribution >= 4 is 45.7 Å². The van der Waals surface area contributed by atoms with Gasteiger partial charge in [0.15, 0.2) is 0 Å². The van der Waals surface area contributed by atoms with Crippen molar-refractivity contribution in [1.82, 2.24) is 5.32 Å². The lowest BCUT2D eigenvalue weighted by atomic mass is 9.95. The van der Waals surface area contributed by atoms with E-state index in [1.165, 1.54) is 12.5 Å². The predicted molar refractivity (Wildman–Crippen MR) is 119 cm³/mol. The summed E-state index contributed by atoms with van der Waals surface area (Å²) in [5.74, 6) is -1.20. The van der Waals surface area contributed by atoms with Gasteiger partial charge >= 0.3 is 5.97 Å². The van der Waals surface area contributed by atoms with E-state index in [0.717, 1.165) is 37.0 Å². The topological polar surface area (TPSA) is 84.5 Å². The summed E-state index contributed by atoms with van der Waals surface area (Å²) in [7, 11) is 0. The molecule has 0 saturated heterocycles. The second-order valence-electron chi connectivity index (χ2n) is 7.25. The fourth-order valence-electron chi connectivity index (χ4n) is 3.57. The van der Waals surface area contributed by atoms with E-state index in [4.69, 9.17) is 16.3 Å². The second kappa shape index (κ2) is 10.1. The maximum Gasteiger partial charge on any atom is 0.341 e. The molecule has 1 heterocycles. The third kappa shape index (κ3) is 5.21. The van der Waals surface area contributed by atoms with E-state index in [1.807, 2.05) is 0 Å². The Bertz CT molecular complexity index is 951. The molecule has 1 aliphatic rings. The number of ether oxygens (including phenoxy) is 1. The summed E-state index contributed by atoms with van der Waals surface area (Å²) in [5, 5.41) is 6.55. The number of halogens is 1. The highest BCUT2D eigenvalue weighted by Crippen LogP contribution is 2.34. The van der Waals surface area contributed by atoms with Gasteiger partial charge in [-0.3, -0.25) is 9.59 Å². The fourth-order valence-corrected chi connectivity index (χ4v) is 4.85. The van der Waals surface area contributed by atoms with Crippen LogP contribution < -0.4 is 10.6 Å². The molecule has 1 aliphatic carbocycles. The number of carbonyl (C=O) groups is 3. The highest BCUT2D eigenvalue weighted by atomic mass is 35.5. The Balaban J connectivity index is 1.88. The van der Waals surface area contributed by atoms with Crippen molar-refractivity contribution in [1.29, 1.82) is 0 Å². The van der Waals surface area contributed by atoms with Crippen molar-refractivity contribution in [2.24, 2.45) is 0 Å². The summed E-state index contributed by atoms with van der Waals surface area (Å²) in [4.78, 5) is 38.6. The first-order chi connectivity index (χ1) is 14.4. The number of rotatable bonds is 6. The number of carbonyl (C=O) groups excluding carboxylic acids is 3. The molecular formula is C22H25ClN2O4S. The molecule has 2 aromatic rings. The third-order valence-corrected chi connectivity index (χ3v) is 6.53. The minimum Gasteiger partial charge on any atom is -0.462 e. The van der Waals surface area contributed by atoms with E-state index >= 15 is 0 Å². The molecule has 0 atom stereocenters. The molecule has 6 nitrogen and oxygen atoms in total. The van der Waals surface area contributed by atoms with E-state index in [9.17, 15) is 14.4 Å². The number of amides is 2. The van der Waals surface area contributed by atoms with Gasteiger partial charge < -0.3 is 15.4 Å². The van der Waals surface area contributed by atoms with Crippen LogP contribution in [0.1, 0.15) is 75.0 Å². The lowest BCUT2D eigenvalue weighted by molar-refractivity contribution is 0.0527. The van der Waals surface area contributed by atoms with Crippen LogP contribution in [0.5, 0.6) is 0 Å². The molecule has 8 heteroatoms. The first-order valence-electron chi connectivity index (χ1n) is 10.1. The van der Waals surface area contributed by atoms with E-state index in [2.05, 4.69) is 10.6 Å². The highest BCUT2D eigenvalue weighted by Gasteiger charge is 2.28. The smallest absolute Gasteiger partial charge is 0.341 e. The van der Waals surface area contributed by atoms with E-state index < -0.39 is 11.9 Å². The Morgan fingerprint density at radius 2 is 1.90 bits per heavy atom. The molecule has 3 rings (SSSR count). The van der Waals surface area contributed by atoms with Crippen molar-refractivity contribution in [2.45, 2.75) is 52.0 Å². The number of anilines is 1. The molecule has 2 amide bonds. The molecule has 1 saturated carbocycles. The van der Waals surface area contributed by atoms with Crippen molar-refractivity contribution in [3.8, 4) is 0 Å². The molecule has 160 valence electrons. The number of esters is 1. The molecular weight excluding hydrogens is 424 g/mol. The van der Waals surface area contributed by atoms with E-state index in [-0.39, 0.29) is 24.1 Å². The van der Waals surface area contributed by atoms with Crippen LogP contribution in [0.25, 0.3) is 0 Å². The Labute approximate surface area is 185 Å². The van der Waals surface area contributed by atoms with E-state index in [1.54, 1.807) is 32.0 Å². The van der Waals surface area contributed by atoms with Crippen LogP contribution in [-0.4, -0.2) is 30.4 Å². The van der Waals surface area contributed by atoms with Crippen LogP contribution in [0.15, 0.2) is 24.3 Å². The maximum atomic E-state index is 12.9. The number of benzene rings is 1. The zero-order valence-electron chi connectivity index (χ0n) is 17.0. The van der Waals surface area contributed by atoms with Gasteiger partial charge in [-0.05, 0) is 50.5 Å². The molecule has 0 bridgehead atoms. The monoisotopic (exact) mass is 448 g/mol. The summed E-state index contributed by atoms with van der Waals surface area (Å²) in [5.41, 5.74) is 1.08. The molecule has 0 aliphatic heterocycles. The van der Waals surface area contributed by atoms with Crippen molar-refractivity contribution in [2.75, 3.05) is 11.9 Å². The largest absolute Gasteiger partial charge is 0.462 e. The SMILES string of the molecule is CCOC(=O)c1c(NC(=O)c2cccc(Cl)c2)sc(C(=O)NC2CCCCC2)c1C. The van der Waals surface area contributed by atoms with Crippen LogP contribution in [0.2, 0.25) is 5.02 Å². The molecule has 0 radical (unpaired) electrons. The van der Waals surface area contributed by atoms with Crippen LogP contribution in [0.3, 0.4) is 0 Å². The van der Waals surface area contributed by atoms with Gasteiger partial charge in [0.2, 0.25) is 0 Å². The molecule has 0 unspecified atom stereocenters. The Morgan fingerprint density at radius 1 is 1.17 bits per heavy atom. The number of hydrogen-bond acceptors (Lipinski definition) is 5. The minimum atomic E-state index is -0.565. The van der Waals surface area contributed by atoms with Crippen LogP contribution >= 0.6 is 22.9 Å². The summed E-state index contributed by atoms with van der Waals surface area (Å²) >= 11 is 7.06. The van der Waals surface area contributed by atoms with Crippen molar-refractivity contribution < 1.29 is 19.1 Å². The van der Waals surface area contributed by atoms with Gasteiger partial charge in [-0.2, -0.15) is 0 Å². The van der Waals surface area contributed by atoms with E-state index in [0.29, 0.717) is 26.0 Å². The zero-order valence-corrected chi connectivity index (χ0v) is 18.6. The first-order valence-corrected chi connectivity index (χ1v) is 11.3. The van der Waals surface area contributed by atoms with Crippen LogP contribution in [0.4, 0.5) is 5.00 Å². The molecule has 1 aromatic heterocycles. The van der Waals surface area contributed by atoms with Gasteiger partial charge in [-0.15, -0.1) is 11.3 Å². The summed E-state index contributed by atoms with van der Waals surface area (Å²) in [6.07, 6.45) is 5.31. The van der Waals surface area contributed by atoms with Crippen molar-refractivity contribution in [3.63, 3.8) is 0 Å². The Morgan fingerprint density at radius 3 is 2.57 bits per heavy atom. The van der Waals surface area contributed by atoms with Gasteiger partial charge in [0.25, 0.3) is 11.8 Å². The lowest BCUT2D eigenvalue weighted by Gasteiger charge is -2.22. The molecule has 1 aromatic carbocycles. The van der Waals surface area contributed by atoms with Gasteiger partial charge in [0, 0.05) is 16.6 Å². The zero-order chi connectivity index (χ0) is 21.7. The number of nitrogens with one attached hydrogen (secondary N) is 2. The van der Waals surface area contributed by atoms with Crippen LogP contribution in [-0.2, 0) is 4.74 Å². The highest BCUT2D eigenvalue weighted by molar-refractivity contribution is 7.18. The maximum absolute atomic E-state index is 12.9. The minimum absolute atomic E-state index is 0.142. The average Bonchev–Trinajstić information content (AvgIpc) is 3.05. The summed E-state index contributed by atoms with van der Waals surface area (Å²) in [6, 6.07) is 6.65. The number of thiophene rings is 1. The van der Waals surface area contributed by atoms with Crippen molar-refractivity contribution in [3.05, 3.63) is 50.9 Å².